The summed E-state index contributed by atoms with van der Waals surface area (Å²) in [5, 5.41) is 17.3. The van der Waals surface area contributed by atoms with E-state index in [-0.39, 0.29) is 16.1 Å². The molecule has 0 spiro atoms. The van der Waals surface area contributed by atoms with E-state index in [1.165, 1.54) is 11.3 Å². The zero-order chi connectivity index (χ0) is 11.8. The molecule has 2 heterocycles. The van der Waals surface area contributed by atoms with E-state index in [9.17, 15) is 8.42 Å². The second-order valence-electron chi connectivity index (χ2n) is 3.44. The highest BCUT2D eigenvalue weighted by molar-refractivity contribution is 8.02. The van der Waals surface area contributed by atoms with Crippen LogP contribution in [-0.4, -0.2) is 31.9 Å². The Morgan fingerprint density at radius 2 is 2.38 bits per heavy atom. The maximum atomic E-state index is 11.2. The number of nitrogens with two attached hydrogens (primary N) is 1. The second-order valence-corrected chi connectivity index (χ2v) is 7.85. The fourth-order valence-electron chi connectivity index (χ4n) is 1.43. The number of thiophene rings is 1. The summed E-state index contributed by atoms with van der Waals surface area (Å²) < 4.78 is 23.4. The van der Waals surface area contributed by atoms with Gasteiger partial charge in [-0.3, -0.25) is 0 Å². The Morgan fingerprint density at radius 1 is 1.62 bits per heavy atom. The van der Waals surface area contributed by atoms with Crippen molar-refractivity contribution in [3.05, 3.63) is 6.07 Å². The normalized spacial score (nSPS) is 20.2. The number of aliphatic hydroxyl groups is 1. The van der Waals surface area contributed by atoms with Gasteiger partial charge in [0.05, 0.1) is 9.90 Å². The Bertz CT molecular complexity index is 483. The zero-order valence-corrected chi connectivity index (χ0v) is 10.8. The molecular weight excluding hydrogens is 268 g/mol. The quantitative estimate of drug-likeness (QED) is 0.756. The molecule has 0 aromatic carbocycles. The number of hydrogen-bond acceptors (Lipinski definition) is 6. The van der Waals surface area contributed by atoms with Crippen LogP contribution in [0.1, 0.15) is 6.42 Å². The molecule has 1 atom stereocenters. The molecule has 2 rings (SSSR count). The van der Waals surface area contributed by atoms with Crippen molar-refractivity contribution in [2.75, 3.05) is 18.5 Å². The molecular formula is C8H12N2O3S3. The van der Waals surface area contributed by atoms with Crippen LogP contribution in [0, 0.1) is 0 Å². The maximum absolute atomic E-state index is 11.2. The van der Waals surface area contributed by atoms with Crippen molar-refractivity contribution >= 4 is 38.8 Å². The van der Waals surface area contributed by atoms with E-state index in [0.717, 1.165) is 16.4 Å². The summed E-state index contributed by atoms with van der Waals surface area (Å²) in [7, 11) is -3.61. The minimum absolute atomic E-state index is 0.141. The molecule has 0 aliphatic carbocycles. The molecule has 90 valence electrons. The fraction of sp³-hybridized carbons (Fsp3) is 0.500. The molecule has 1 aromatic heterocycles. The molecule has 0 saturated heterocycles. The third kappa shape index (κ3) is 2.51. The van der Waals surface area contributed by atoms with Gasteiger partial charge >= 0.3 is 0 Å². The topological polar surface area (TPSA) is 92.4 Å². The van der Waals surface area contributed by atoms with E-state index >= 15 is 0 Å². The van der Waals surface area contributed by atoms with Gasteiger partial charge in [0, 0.05) is 18.4 Å². The van der Waals surface area contributed by atoms with Crippen LogP contribution < -0.4 is 10.5 Å². The number of aliphatic hydroxyl groups excluding tert-OH is 1. The van der Waals surface area contributed by atoms with Crippen molar-refractivity contribution in [1.82, 2.24) is 0 Å². The van der Waals surface area contributed by atoms with E-state index in [1.807, 2.05) is 0 Å². The number of anilines is 1. The van der Waals surface area contributed by atoms with E-state index in [0.29, 0.717) is 6.42 Å². The number of rotatable bonds is 3. The van der Waals surface area contributed by atoms with Crippen molar-refractivity contribution in [2.24, 2.45) is 5.14 Å². The number of fused-ring (bicyclic) bond motifs is 1. The molecule has 0 fully saturated rings. The number of thioether (sulfide) groups is 1. The Kier molecular flexibility index (Phi) is 3.45. The lowest BCUT2D eigenvalue weighted by Gasteiger charge is -2.21. The highest BCUT2D eigenvalue weighted by atomic mass is 32.3. The average Bonchev–Trinajstić information content (AvgIpc) is 2.60. The molecule has 0 bridgehead atoms. The van der Waals surface area contributed by atoms with E-state index in [2.05, 4.69) is 5.32 Å². The molecule has 0 amide bonds. The van der Waals surface area contributed by atoms with Crippen molar-refractivity contribution in [2.45, 2.75) is 20.1 Å². The predicted molar refractivity (Wildman–Crippen MR) is 65.5 cm³/mol. The van der Waals surface area contributed by atoms with Crippen LogP contribution in [0.25, 0.3) is 0 Å². The minimum atomic E-state index is -3.61. The summed E-state index contributed by atoms with van der Waals surface area (Å²) in [4.78, 5) is 0. The molecule has 4 N–H and O–H groups in total. The molecule has 8 heteroatoms. The molecule has 1 aromatic rings. The van der Waals surface area contributed by atoms with Crippen LogP contribution in [-0.2, 0) is 10.0 Å². The summed E-state index contributed by atoms with van der Waals surface area (Å²) >= 11 is 2.77. The SMILES string of the molecule is NS(=O)(=O)c1cc2c(s1)SC(CCO)CN2. The first-order valence-corrected chi connectivity index (χ1v) is 7.93. The number of primary sulfonamides is 1. The van der Waals surface area contributed by atoms with Crippen LogP contribution in [0.4, 0.5) is 5.69 Å². The van der Waals surface area contributed by atoms with Gasteiger partial charge in [-0.25, -0.2) is 13.6 Å². The summed E-state index contributed by atoms with van der Waals surface area (Å²) in [5.74, 6) is 0. The van der Waals surface area contributed by atoms with Crippen LogP contribution >= 0.6 is 23.1 Å². The van der Waals surface area contributed by atoms with Crippen LogP contribution in [0.3, 0.4) is 0 Å². The largest absolute Gasteiger partial charge is 0.396 e. The van der Waals surface area contributed by atoms with Gasteiger partial charge in [0.1, 0.15) is 4.21 Å². The van der Waals surface area contributed by atoms with Gasteiger partial charge in [-0.1, -0.05) is 0 Å². The molecule has 1 aliphatic rings. The lowest BCUT2D eigenvalue weighted by atomic mass is 10.3. The van der Waals surface area contributed by atoms with Crippen molar-refractivity contribution < 1.29 is 13.5 Å². The van der Waals surface area contributed by atoms with Gasteiger partial charge < -0.3 is 10.4 Å². The number of nitrogens with one attached hydrogen (secondary N) is 1. The van der Waals surface area contributed by atoms with Crippen LogP contribution in [0.2, 0.25) is 0 Å². The van der Waals surface area contributed by atoms with Gasteiger partial charge in [-0.15, -0.1) is 23.1 Å². The first-order chi connectivity index (χ1) is 7.50. The molecule has 0 radical (unpaired) electrons. The lowest BCUT2D eigenvalue weighted by molar-refractivity contribution is 0.288. The van der Waals surface area contributed by atoms with Crippen molar-refractivity contribution in [1.29, 1.82) is 0 Å². The predicted octanol–water partition coefficient (Wildman–Crippen LogP) is 0.664. The third-order valence-corrected chi connectivity index (χ3v) is 6.26. The fourth-order valence-corrected chi connectivity index (χ4v) is 5.00. The average molecular weight is 280 g/mol. The van der Waals surface area contributed by atoms with E-state index < -0.39 is 10.0 Å². The third-order valence-electron chi connectivity index (χ3n) is 2.20. The Hall–Kier alpha value is -0.280. The van der Waals surface area contributed by atoms with Gasteiger partial charge in [0.25, 0.3) is 0 Å². The van der Waals surface area contributed by atoms with Gasteiger partial charge in [-0.2, -0.15) is 0 Å². The molecule has 5 nitrogen and oxygen atoms in total. The van der Waals surface area contributed by atoms with E-state index in [4.69, 9.17) is 10.2 Å². The van der Waals surface area contributed by atoms with Crippen LogP contribution in [0.5, 0.6) is 0 Å². The van der Waals surface area contributed by atoms with Crippen LogP contribution in [0.15, 0.2) is 14.5 Å². The first kappa shape index (κ1) is 12.2. The lowest BCUT2D eigenvalue weighted by Crippen LogP contribution is -2.21. The summed E-state index contributed by atoms with van der Waals surface area (Å²) in [6, 6.07) is 1.57. The highest BCUT2D eigenvalue weighted by Crippen LogP contribution is 2.43. The minimum Gasteiger partial charge on any atom is -0.396 e. The Morgan fingerprint density at radius 3 is 3.00 bits per heavy atom. The van der Waals surface area contributed by atoms with Gasteiger partial charge in [-0.05, 0) is 12.5 Å². The second kappa shape index (κ2) is 4.53. The Balaban J connectivity index is 2.23. The molecule has 1 aliphatic heterocycles. The molecule has 0 saturated carbocycles. The smallest absolute Gasteiger partial charge is 0.247 e. The zero-order valence-electron chi connectivity index (χ0n) is 8.34. The Labute approximate surface area is 102 Å². The van der Waals surface area contributed by atoms with Gasteiger partial charge in [0.2, 0.25) is 10.0 Å². The molecule has 16 heavy (non-hydrogen) atoms. The highest BCUT2D eigenvalue weighted by Gasteiger charge is 2.24. The molecule has 1 unspecified atom stereocenters. The summed E-state index contributed by atoms with van der Waals surface area (Å²) in [6.07, 6.45) is 0.694. The van der Waals surface area contributed by atoms with E-state index in [1.54, 1.807) is 17.8 Å². The number of hydrogen-bond donors (Lipinski definition) is 3. The first-order valence-electron chi connectivity index (χ1n) is 4.68. The standard InChI is InChI=1S/C8H12N2O3S3/c9-16(12,13)7-3-6-8(15-7)14-5(1-2-11)4-10-6/h3,5,10-11H,1-2,4H2,(H2,9,12,13). The maximum Gasteiger partial charge on any atom is 0.247 e. The van der Waals surface area contributed by atoms with Gasteiger partial charge in [0.15, 0.2) is 0 Å². The number of sulfonamides is 1. The van der Waals surface area contributed by atoms with Crippen molar-refractivity contribution in [3.8, 4) is 0 Å². The summed E-state index contributed by atoms with van der Waals surface area (Å²) in [6.45, 7) is 0.876. The monoisotopic (exact) mass is 280 g/mol. The van der Waals surface area contributed by atoms with Crippen molar-refractivity contribution in [3.63, 3.8) is 0 Å². The summed E-state index contributed by atoms with van der Waals surface area (Å²) in [5.41, 5.74) is 0.827.